The molecule has 0 aliphatic rings. The van der Waals surface area contributed by atoms with E-state index in [1.165, 1.54) is 22.3 Å². The third-order valence-corrected chi connectivity index (χ3v) is 4.10. The van der Waals surface area contributed by atoms with Crippen molar-refractivity contribution >= 4 is 0 Å². The second-order valence-corrected chi connectivity index (χ2v) is 6.00. The van der Waals surface area contributed by atoms with Crippen LogP contribution in [0.4, 0.5) is 0 Å². The summed E-state index contributed by atoms with van der Waals surface area (Å²) in [5.41, 5.74) is 5.54. The van der Waals surface area contributed by atoms with Gasteiger partial charge < -0.3 is 9.88 Å². The molecule has 1 heterocycles. The van der Waals surface area contributed by atoms with Gasteiger partial charge in [0.25, 0.3) is 0 Å². The lowest BCUT2D eigenvalue weighted by atomic mass is 9.99. The molecule has 1 unspecified atom stereocenters. The molecular formula is C18H26N2. The zero-order valence-electron chi connectivity index (χ0n) is 13.3. The predicted molar refractivity (Wildman–Crippen MR) is 86.1 cm³/mol. The second-order valence-electron chi connectivity index (χ2n) is 6.00. The number of aromatic nitrogens is 1. The molecule has 1 aromatic heterocycles. The normalized spacial score (nSPS) is 12.9. The summed E-state index contributed by atoms with van der Waals surface area (Å²) in [5, 5.41) is 3.40. The van der Waals surface area contributed by atoms with Gasteiger partial charge >= 0.3 is 0 Å². The van der Waals surface area contributed by atoms with Gasteiger partial charge in [0.1, 0.15) is 0 Å². The minimum absolute atomic E-state index is 0.425. The number of hydrogen-bond acceptors (Lipinski definition) is 1. The van der Waals surface area contributed by atoms with Crippen LogP contribution in [0.1, 0.15) is 42.1 Å². The minimum Gasteiger partial charge on any atom is -0.350 e. The molecule has 20 heavy (non-hydrogen) atoms. The lowest BCUT2D eigenvalue weighted by molar-refractivity contribution is 0.442. The summed E-state index contributed by atoms with van der Waals surface area (Å²) in [6.45, 7) is 9.84. The van der Waals surface area contributed by atoms with Crippen LogP contribution in [0.5, 0.6) is 0 Å². The zero-order valence-corrected chi connectivity index (χ0v) is 13.3. The fourth-order valence-corrected chi connectivity index (χ4v) is 2.91. The van der Waals surface area contributed by atoms with Crippen molar-refractivity contribution < 1.29 is 0 Å². The van der Waals surface area contributed by atoms with E-state index in [-0.39, 0.29) is 0 Å². The van der Waals surface area contributed by atoms with Crippen molar-refractivity contribution in [2.75, 3.05) is 7.05 Å². The number of hydrogen-bond donors (Lipinski definition) is 1. The molecule has 2 nitrogen and oxygen atoms in total. The molecule has 108 valence electrons. The van der Waals surface area contributed by atoms with Crippen LogP contribution in [0.2, 0.25) is 0 Å². The van der Waals surface area contributed by atoms with Gasteiger partial charge in [-0.15, -0.1) is 0 Å². The lowest BCUT2D eigenvalue weighted by Gasteiger charge is -2.19. The van der Waals surface area contributed by atoms with E-state index in [2.05, 4.69) is 74.2 Å². The second kappa shape index (κ2) is 6.27. The molecule has 1 N–H and O–H groups in total. The Balaban J connectivity index is 2.22. The Hall–Kier alpha value is -1.54. The zero-order chi connectivity index (χ0) is 14.7. The molecule has 2 aromatic rings. The maximum Gasteiger partial charge on any atom is 0.0475 e. The molecule has 2 heteroatoms. The van der Waals surface area contributed by atoms with Crippen molar-refractivity contribution in [3.05, 3.63) is 58.9 Å². The smallest absolute Gasteiger partial charge is 0.0475 e. The Morgan fingerprint density at radius 1 is 1.10 bits per heavy atom. The van der Waals surface area contributed by atoms with Gasteiger partial charge in [-0.2, -0.15) is 0 Å². The number of aryl methyl sites for hydroxylation is 2. The minimum atomic E-state index is 0.425. The van der Waals surface area contributed by atoms with Crippen LogP contribution in [-0.4, -0.2) is 11.6 Å². The highest BCUT2D eigenvalue weighted by molar-refractivity contribution is 5.34. The maximum atomic E-state index is 3.40. The van der Waals surface area contributed by atoms with Crippen LogP contribution >= 0.6 is 0 Å². The largest absolute Gasteiger partial charge is 0.350 e. The first kappa shape index (κ1) is 14.9. The molecule has 0 aliphatic heterocycles. The number of nitrogens with zero attached hydrogens (tertiary/aromatic N) is 1. The SMILES string of the molecule is CNC(c1ccn(Cc2c(C)cccc2C)c1)C(C)C. The molecule has 2 rings (SSSR count). The van der Waals surface area contributed by atoms with E-state index in [1.54, 1.807) is 0 Å². The number of rotatable bonds is 5. The van der Waals surface area contributed by atoms with Gasteiger partial charge in [0.2, 0.25) is 0 Å². The average molecular weight is 270 g/mol. The van der Waals surface area contributed by atoms with Crippen molar-refractivity contribution in [2.24, 2.45) is 5.92 Å². The predicted octanol–water partition coefficient (Wildman–Crippen LogP) is 4.07. The van der Waals surface area contributed by atoms with Crippen LogP contribution in [0.25, 0.3) is 0 Å². The molecule has 0 radical (unpaired) electrons. The Morgan fingerprint density at radius 3 is 2.30 bits per heavy atom. The van der Waals surface area contributed by atoms with Crippen molar-refractivity contribution in [3.8, 4) is 0 Å². The first-order chi connectivity index (χ1) is 9.52. The van der Waals surface area contributed by atoms with Crippen LogP contribution in [0, 0.1) is 19.8 Å². The molecule has 0 spiro atoms. The average Bonchev–Trinajstić information content (AvgIpc) is 2.83. The van der Waals surface area contributed by atoms with Crippen LogP contribution in [-0.2, 0) is 6.54 Å². The van der Waals surface area contributed by atoms with Gasteiger partial charge in [0.05, 0.1) is 0 Å². The summed E-state index contributed by atoms with van der Waals surface area (Å²) in [4.78, 5) is 0. The van der Waals surface area contributed by atoms with E-state index < -0.39 is 0 Å². The van der Waals surface area contributed by atoms with Crippen LogP contribution in [0.3, 0.4) is 0 Å². The summed E-state index contributed by atoms with van der Waals surface area (Å²) >= 11 is 0. The standard InChI is InChI=1S/C18H26N2/c1-13(2)18(19-5)16-9-10-20(11-16)12-17-14(3)7-6-8-15(17)4/h6-11,13,18-19H,12H2,1-5H3. The summed E-state index contributed by atoms with van der Waals surface area (Å²) < 4.78 is 2.29. The third-order valence-electron chi connectivity index (χ3n) is 4.10. The summed E-state index contributed by atoms with van der Waals surface area (Å²) in [6.07, 6.45) is 4.46. The fraction of sp³-hybridized carbons (Fsp3) is 0.444. The molecule has 0 bridgehead atoms. The summed E-state index contributed by atoms with van der Waals surface area (Å²) in [7, 11) is 2.04. The van der Waals surface area contributed by atoms with Crippen molar-refractivity contribution in [1.82, 2.24) is 9.88 Å². The van der Waals surface area contributed by atoms with Crippen LogP contribution in [0.15, 0.2) is 36.7 Å². The highest BCUT2D eigenvalue weighted by Gasteiger charge is 2.14. The maximum absolute atomic E-state index is 3.40. The van der Waals surface area contributed by atoms with Gasteiger partial charge in [0, 0.05) is 25.0 Å². The lowest BCUT2D eigenvalue weighted by Crippen LogP contribution is -2.21. The number of nitrogens with one attached hydrogen (secondary N) is 1. The molecular weight excluding hydrogens is 244 g/mol. The van der Waals surface area contributed by atoms with E-state index in [9.17, 15) is 0 Å². The Bertz CT molecular complexity index is 546. The molecule has 0 amide bonds. The van der Waals surface area contributed by atoms with E-state index in [4.69, 9.17) is 0 Å². The van der Waals surface area contributed by atoms with Crippen LogP contribution < -0.4 is 5.32 Å². The van der Waals surface area contributed by atoms with E-state index >= 15 is 0 Å². The van der Waals surface area contributed by atoms with E-state index in [0.29, 0.717) is 12.0 Å². The fourth-order valence-electron chi connectivity index (χ4n) is 2.91. The van der Waals surface area contributed by atoms with Gasteiger partial charge in [-0.1, -0.05) is 32.0 Å². The molecule has 0 fully saturated rings. The van der Waals surface area contributed by atoms with Gasteiger partial charge in [-0.25, -0.2) is 0 Å². The molecule has 0 saturated carbocycles. The molecule has 1 atom stereocenters. The highest BCUT2D eigenvalue weighted by atomic mass is 15.0. The van der Waals surface area contributed by atoms with E-state index in [0.717, 1.165) is 6.54 Å². The highest BCUT2D eigenvalue weighted by Crippen LogP contribution is 2.22. The van der Waals surface area contributed by atoms with Gasteiger partial charge in [-0.3, -0.25) is 0 Å². The van der Waals surface area contributed by atoms with Crippen molar-refractivity contribution in [2.45, 2.75) is 40.3 Å². The Labute approximate surface area is 122 Å². The summed E-state index contributed by atoms with van der Waals surface area (Å²) in [5.74, 6) is 0.594. The molecule has 0 saturated heterocycles. The third kappa shape index (κ3) is 3.13. The van der Waals surface area contributed by atoms with Crippen molar-refractivity contribution in [3.63, 3.8) is 0 Å². The molecule has 0 aliphatic carbocycles. The summed E-state index contributed by atoms with van der Waals surface area (Å²) in [6, 6.07) is 9.17. The quantitative estimate of drug-likeness (QED) is 0.866. The van der Waals surface area contributed by atoms with E-state index in [1.807, 2.05) is 7.05 Å². The Kier molecular flexibility index (Phi) is 4.66. The molecule has 1 aromatic carbocycles. The first-order valence-corrected chi connectivity index (χ1v) is 7.41. The monoisotopic (exact) mass is 270 g/mol. The van der Waals surface area contributed by atoms with Gasteiger partial charge in [0.15, 0.2) is 0 Å². The topological polar surface area (TPSA) is 17.0 Å². The first-order valence-electron chi connectivity index (χ1n) is 7.41. The van der Waals surface area contributed by atoms with Crippen molar-refractivity contribution in [1.29, 1.82) is 0 Å². The van der Waals surface area contributed by atoms with Gasteiger partial charge in [-0.05, 0) is 55.1 Å². The Morgan fingerprint density at radius 2 is 1.75 bits per heavy atom. The number of benzene rings is 1.